The fourth-order valence-electron chi connectivity index (χ4n) is 1.02. The molecule has 0 aliphatic rings. The molecule has 0 atom stereocenters. The monoisotopic (exact) mass is 247 g/mol. The zero-order chi connectivity index (χ0) is 10.1. The van der Waals surface area contributed by atoms with Gasteiger partial charge in [0.25, 0.3) is 0 Å². The molecule has 4 heteroatoms. The first-order valence-corrected chi connectivity index (χ1v) is 4.60. The Hall–Kier alpha value is -0.450. The second-order valence-electron chi connectivity index (χ2n) is 3.25. The van der Waals surface area contributed by atoms with Crippen LogP contribution in [-0.2, 0) is 10.4 Å². The summed E-state index contributed by atoms with van der Waals surface area (Å²) in [6.07, 6.45) is 0. The van der Waals surface area contributed by atoms with Gasteiger partial charge in [0, 0.05) is 10.0 Å². The molecule has 0 aliphatic carbocycles. The van der Waals surface area contributed by atoms with Crippen molar-refractivity contribution in [1.82, 2.24) is 0 Å². The Morgan fingerprint density at radius 1 is 1.46 bits per heavy atom. The summed E-state index contributed by atoms with van der Waals surface area (Å²) < 4.78 is 14.1. The molecule has 1 rings (SSSR count). The quantitative estimate of drug-likeness (QED) is 0.816. The van der Waals surface area contributed by atoms with Crippen LogP contribution in [0.15, 0.2) is 22.7 Å². The third-order valence-electron chi connectivity index (χ3n) is 1.87. The average Bonchev–Trinajstić information content (AvgIpc) is 2.09. The van der Waals surface area contributed by atoms with E-state index in [0.717, 1.165) is 4.47 Å². The van der Waals surface area contributed by atoms with Crippen molar-refractivity contribution in [3.05, 3.63) is 34.1 Å². The van der Waals surface area contributed by atoms with Crippen molar-refractivity contribution in [1.29, 1.82) is 0 Å². The van der Waals surface area contributed by atoms with E-state index in [-0.39, 0.29) is 5.82 Å². The zero-order valence-corrected chi connectivity index (χ0v) is 9.06. The van der Waals surface area contributed by atoms with Gasteiger partial charge in [-0.25, -0.2) is 10.3 Å². The molecule has 0 fully saturated rings. The van der Waals surface area contributed by atoms with Gasteiger partial charge in [-0.1, -0.05) is 15.9 Å². The van der Waals surface area contributed by atoms with Crippen molar-refractivity contribution in [2.24, 2.45) is 5.90 Å². The molecular weight excluding hydrogens is 237 g/mol. The van der Waals surface area contributed by atoms with Gasteiger partial charge in [-0.05, 0) is 32.0 Å². The van der Waals surface area contributed by atoms with Gasteiger partial charge in [-0.2, -0.15) is 0 Å². The number of hydrogen-bond acceptors (Lipinski definition) is 2. The SMILES string of the molecule is CC(C)(ON)c1cc(Br)ccc1F. The average molecular weight is 248 g/mol. The van der Waals surface area contributed by atoms with Gasteiger partial charge in [-0.3, -0.25) is 4.84 Å². The zero-order valence-electron chi connectivity index (χ0n) is 7.47. The first-order valence-electron chi connectivity index (χ1n) is 3.81. The second-order valence-corrected chi connectivity index (χ2v) is 4.17. The van der Waals surface area contributed by atoms with Crippen LogP contribution in [0.5, 0.6) is 0 Å². The molecule has 0 aliphatic heterocycles. The highest BCUT2D eigenvalue weighted by Crippen LogP contribution is 2.27. The van der Waals surface area contributed by atoms with Crippen LogP contribution in [0.1, 0.15) is 19.4 Å². The van der Waals surface area contributed by atoms with Gasteiger partial charge in [-0.15, -0.1) is 0 Å². The molecule has 0 heterocycles. The largest absolute Gasteiger partial charge is 0.294 e. The minimum absolute atomic E-state index is 0.321. The van der Waals surface area contributed by atoms with E-state index in [4.69, 9.17) is 10.7 Å². The Bertz CT molecular complexity index is 314. The highest BCUT2D eigenvalue weighted by molar-refractivity contribution is 9.10. The summed E-state index contributed by atoms with van der Waals surface area (Å²) in [5, 5.41) is 0. The van der Waals surface area contributed by atoms with Crippen LogP contribution in [-0.4, -0.2) is 0 Å². The van der Waals surface area contributed by atoms with E-state index in [1.807, 2.05) is 0 Å². The molecule has 0 spiro atoms. The first-order chi connectivity index (χ1) is 5.97. The van der Waals surface area contributed by atoms with Gasteiger partial charge < -0.3 is 0 Å². The molecule has 2 N–H and O–H groups in total. The summed E-state index contributed by atoms with van der Waals surface area (Å²) in [6.45, 7) is 3.41. The lowest BCUT2D eigenvalue weighted by atomic mass is 9.98. The van der Waals surface area contributed by atoms with E-state index >= 15 is 0 Å². The maximum absolute atomic E-state index is 13.3. The Balaban J connectivity index is 3.20. The first kappa shape index (κ1) is 10.6. The van der Waals surface area contributed by atoms with Crippen molar-refractivity contribution < 1.29 is 9.23 Å². The van der Waals surface area contributed by atoms with Gasteiger partial charge in [0.1, 0.15) is 11.4 Å². The molecule has 13 heavy (non-hydrogen) atoms. The summed E-state index contributed by atoms with van der Waals surface area (Å²) >= 11 is 3.25. The Kier molecular flexibility index (Phi) is 3.05. The predicted octanol–water partition coefficient (Wildman–Crippen LogP) is 2.71. The highest BCUT2D eigenvalue weighted by Gasteiger charge is 2.24. The number of halogens is 2. The van der Waals surface area contributed by atoms with Crippen LogP contribution in [0.4, 0.5) is 4.39 Å². The third-order valence-corrected chi connectivity index (χ3v) is 2.36. The summed E-state index contributed by atoms with van der Waals surface area (Å²) in [6, 6.07) is 4.66. The molecule has 0 unspecified atom stereocenters. The molecule has 0 bridgehead atoms. The van der Waals surface area contributed by atoms with Crippen LogP contribution < -0.4 is 5.90 Å². The van der Waals surface area contributed by atoms with Crippen LogP contribution in [0.25, 0.3) is 0 Å². The van der Waals surface area contributed by atoms with E-state index < -0.39 is 5.60 Å². The van der Waals surface area contributed by atoms with Crippen molar-refractivity contribution in [2.75, 3.05) is 0 Å². The van der Waals surface area contributed by atoms with Crippen LogP contribution in [0.2, 0.25) is 0 Å². The lowest BCUT2D eigenvalue weighted by Crippen LogP contribution is -2.26. The van der Waals surface area contributed by atoms with E-state index in [1.54, 1.807) is 26.0 Å². The fraction of sp³-hybridized carbons (Fsp3) is 0.333. The number of nitrogens with two attached hydrogens (primary N) is 1. The van der Waals surface area contributed by atoms with Crippen molar-refractivity contribution in [3.8, 4) is 0 Å². The molecular formula is C9H11BrFNO. The molecule has 72 valence electrons. The molecule has 0 amide bonds. The van der Waals surface area contributed by atoms with Gasteiger partial charge in [0.2, 0.25) is 0 Å². The predicted molar refractivity (Wildman–Crippen MR) is 52.4 cm³/mol. The van der Waals surface area contributed by atoms with E-state index in [9.17, 15) is 4.39 Å². The van der Waals surface area contributed by atoms with Crippen molar-refractivity contribution in [2.45, 2.75) is 19.4 Å². The maximum atomic E-state index is 13.3. The molecule has 1 aromatic rings. The minimum Gasteiger partial charge on any atom is -0.294 e. The number of benzene rings is 1. The Labute approximate surface area is 85.0 Å². The highest BCUT2D eigenvalue weighted by atomic mass is 79.9. The van der Waals surface area contributed by atoms with E-state index in [1.165, 1.54) is 6.07 Å². The third kappa shape index (κ3) is 2.27. The van der Waals surface area contributed by atoms with E-state index in [2.05, 4.69) is 15.9 Å². The maximum Gasteiger partial charge on any atom is 0.129 e. The molecule has 2 nitrogen and oxygen atoms in total. The summed E-state index contributed by atoms with van der Waals surface area (Å²) in [4.78, 5) is 4.70. The number of hydrogen-bond donors (Lipinski definition) is 1. The van der Waals surface area contributed by atoms with Crippen LogP contribution in [0, 0.1) is 5.82 Å². The van der Waals surface area contributed by atoms with Crippen molar-refractivity contribution >= 4 is 15.9 Å². The van der Waals surface area contributed by atoms with Gasteiger partial charge in [0.05, 0.1) is 0 Å². The smallest absolute Gasteiger partial charge is 0.129 e. The van der Waals surface area contributed by atoms with Gasteiger partial charge >= 0.3 is 0 Å². The summed E-state index contributed by atoms with van der Waals surface area (Å²) in [5.74, 6) is 4.75. The number of rotatable bonds is 2. The lowest BCUT2D eigenvalue weighted by Gasteiger charge is -2.22. The Morgan fingerprint density at radius 2 is 2.08 bits per heavy atom. The molecule has 0 radical (unpaired) electrons. The topological polar surface area (TPSA) is 35.2 Å². The fourth-order valence-corrected chi connectivity index (χ4v) is 1.38. The molecule has 0 aromatic heterocycles. The minimum atomic E-state index is -0.812. The van der Waals surface area contributed by atoms with Gasteiger partial charge in [0.15, 0.2) is 0 Å². The van der Waals surface area contributed by atoms with E-state index in [0.29, 0.717) is 5.56 Å². The molecule has 0 saturated heterocycles. The second kappa shape index (κ2) is 3.74. The normalized spacial score (nSPS) is 11.8. The van der Waals surface area contributed by atoms with Crippen LogP contribution >= 0.6 is 15.9 Å². The molecule has 1 aromatic carbocycles. The lowest BCUT2D eigenvalue weighted by molar-refractivity contribution is -0.0260. The van der Waals surface area contributed by atoms with Crippen LogP contribution in [0.3, 0.4) is 0 Å². The standard InChI is InChI=1S/C9H11BrFNO/c1-9(2,13-12)7-5-6(10)3-4-8(7)11/h3-5H,12H2,1-2H3. The summed E-state index contributed by atoms with van der Waals surface area (Å²) in [7, 11) is 0. The Morgan fingerprint density at radius 3 is 2.62 bits per heavy atom. The summed E-state index contributed by atoms with van der Waals surface area (Å²) in [5.41, 5.74) is -0.377. The molecule has 0 saturated carbocycles. The van der Waals surface area contributed by atoms with Crippen molar-refractivity contribution in [3.63, 3.8) is 0 Å².